The second kappa shape index (κ2) is 13.3. The largest absolute Gasteiger partial charge is 0.308 e. The molecule has 0 unspecified atom stereocenters. The lowest BCUT2D eigenvalue weighted by Gasteiger charge is -2.36. The van der Waals surface area contributed by atoms with Gasteiger partial charge in [-0.15, -0.1) is 0 Å². The Kier molecular flexibility index (Phi) is 8.06. The van der Waals surface area contributed by atoms with E-state index >= 15 is 0 Å². The van der Waals surface area contributed by atoms with Crippen LogP contribution in [-0.2, 0) is 4.79 Å². The van der Waals surface area contributed by atoms with Crippen molar-refractivity contribution in [2.45, 2.75) is 0 Å². The highest BCUT2D eigenvalue weighted by atomic mass is 16.2. The summed E-state index contributed by atoms with van der Waals surface area (Å²) < 4.78 is 0. The SMILES string of the molecule is O=C1CN1c1cc(N(c2ccccc2)c2ccccc2)c(N(c2ccccc2)c2ccccc2)cc1N(c1ccccc1)c1ccccc1. The third kappa shape index (κ3) is 6.01. The number of hydrogen-bond acceptors (Lipinski definition) is 4. The van der Waals surface area contributed by atoms with Crippen molar-refractivity contribution in [1.82, 2.24) is 0 Å². The van der Waals surface area contributed by atoms with Gasteiger partial charge in [-0.1, -0.05) is 109 Å². The lowest BCUT2D eigenvalue weighted by molar-refractivity contribution is -0.109. The van der Waals surface area contributed by atoms with Crippen LogP contribution in [0.15, 0.2) is 194 Å². The summed E-state index contributed by atoms with van der Waals surface area (Å²) in [5.74, 6) is 0.0926. The molecule has 0 aromatic heterocycles. The molecular formula is C44H34N4O. The molecule has 1 heterocycles. The van der Waals surface area contributed by atoms with Crippen molar-refractivity contribution in [3.8, 4) is 0 Å². The van der Waals surface area contributed by atoms with Crippen LogP contribution < -0.4 is 19.6 Å². The molecule has 7 aromatic carbocycles. The molecule has 1 saturated heterocycles. The molecule has 0 aliphatic carbocycles. The van der Waals surface area contributed by atoms with Crippen molar-refractivity contribution in [3.63, 3.8) is 0 Å². The van der Waals surface area contributed by atoms with Crippen LogP contribution >= 0.6 is 0 Å². The van der Waals surface area contributed by atoms with Crippen LogP contribution in [0.25, 0.3) is 0 Å². The van der Waals surface area contributed by atoms with E-state index in [1.807, 2.05) is 41.3 Å². The van der Waals surface area contributed by atoms with Crippen molar-refractivity contribution < 1.29 is 4.79 Å². The first-order chi connectivity index (χ1) is 24.3. The van der Waals surface area contributed by atoms with Gasteiger partial charge >= 0.3 is 0 Å². The van der Waals surface area contributed by atoms with Gasteiger partial charge in [-0.25, -0.2) is 0 Å². The molecule has 1 amide bonds. The number of carbonyl (C=O) groups is 1. The monoisotopic (exact) mass is 634 g/mol. The van der Waals surface area contributed by atoms with E-state index < -0.39 is 0 Å². The fourth-order valence-corrected chi connectivity index (χ4v) is 6.37. The molecule has 1 aliphatic heterocycles. The van der Waals surface area contributed by atoms with Gasteiger partial charge in [0.15, 0.2) is 0 Å². The highest BCUT2D eigenvalue weighted by Gasteiger charge is 2.37. The van der Waals surface area contributed by atoms with Gasteiger partial charge in [-0.3, -0.25) is 9.69 Å². The summed E-state index contributed by atoms with van der Waals surface area (Å²) in [4.78, 5) is 21.8. The third-order valence-corrected chi connectivity index (χ3v) is 8.66. The highest BCUT2D eigenvalue weighted by molar-refractivity contribution is 6.15. The van der Waals surface area contributed by atoms with Gasteiger partial charge in [-0.2, -0.15) is 0 Å². The summed E-state index contributed by atoms with van der Waals surface area (Å²) in [5, 5.41) is 0. The predicted molar refractivity (Wildman–Crippen MR) is 203 cm³/mol. The minimum atomic E-state index is 0.0926. The summed E-state index contributed by atoms with van der Waals surface area (Å²) in [6, 6.07) is 66.9. The maximum atomic E-state index is 13.1. The first-order valence-corrected chi connectivity index (χ1v) is 16.5. The van der Waals surface area contributed by atoms with Crippen molar-refractivity contribution in [3.05, 3.63) is 194 Å². The van der Waals surface area contributed by atoms with Crippen LogP contribution in [0.2, 0.25) is 0 Å². The van der Waals surface area contributed by atoms with Crippen molar-refractivity contribution in [1.29, 1.82) is 0 Å². The number of hydrogen-bond donors (Lipinski definition) is 0. The normalized spacial score (nSPS) is 12.0. The maximum Gasteiger partial charge on any atom is 0.247 e. The maximum absolute atomic E-state index is 13.1. The lowest BCUT2D eigenvalue weighted by Crippen LogP contribution is -2.19. The molecule has 1 aliphatic rings. The Bertz CT molecular complexity index is 2040. The van der Waals surface area contributed by atoms with E-state index in [1.165, 1.54) is 0 Å². The smallest absolute Gasteiger partial charge is 0.247 e. The first-order valence-electron chi connectivity index (χ1n) is 16.5. The number of anilines is 10. The lowest BCUT2D eigenvalue weighted by atomic mass is 10.1. The molecule has 5 nitrogen and oxygen atoms in total. The summed E-state index contributed by atoms with van der Waals surface area (Å²) in [6.45, 7) is 0.362. The van der Waals surface area contributed by atoms with Crippen LogP contribution in [0.4, 0.5) is 56.9 Å². The van der Waals surface area contributed by atoms with Gasteiger partial charge < -0.3 is 14.7 Å². The number of benzene rings is 7. The van der Waals surface area contributed by atoms with Crippen LogP contribution in [-0.4, -0.2) is 12.5 Å². The van der Waals surface area contributed by atoms with Gasteiger partial charge in [0.25, 0.3) is 0 Å². The Morgan fingerprint density at radius 1 is 0.347 bits per heavy atom. The van der Waals surface area contributed by atoms with E-state index in [1.54, 1.807) is 0 Å². The van der Waals surface area contributed by atoms with Gasteiger partial charge in [0.2, 0.25) is 5.91 Å². The van der Waals surface area contributed by atoms with Gasteiger partial charge in [0, 0.05) is 34.1 Å². The molecule has 0 saturated carbocycles. The van der Waals surface area contributed by atoms with Gasteiger partial charge in [0.05, 0.1) is 22.7 Å². The fourth-order valence-electron chi connectivity index (χ4n) is 6.37. The Labute approximate surface area is 287 Å². The molecule has 0 radical (unpaired) electrons. The zero-order valence-electron chi connectivity index (χ0n) is 26.9. The number of nitrogens with zero attached hydrogens (tertiary/aromatic N) is 4. The van der Waals surface area contributed by atoms with E-state index in [0.29, 0.717) is 6.54 Å². The average molecular weight is 635 g/mol. The van der Waals surface area contributed by atoms with E-state index in [-0.39, 0.29) is 5.91 Å². The quantitative estimate of drug-likeness (QED) is 0.140. The van der Waals surface area contributed by atoms with Crippen molar-refractivity contribution >= 4 is 62.8 Å². The van der Waals surface area contributed by atoms with E-state index in [0.717, 1.165) is 56.9 Å². The topological polar surface area (TPSA) is 29.8 Å². The summed E-state index contributed by atoms with van der Waals surface area (Å²) >= 11 is 0. The van der Waals surface area contributed by atoms with E-state index in [2.05, 4.69) is 172 Å². The van der Waals surface area contributed by atoms with E-state index in [9.17, 15) is 4.79 Å². The molecule has 0 spiro atoms. The Morgan fingerprint density at radius 3 is 0.857 bits per heavy atom. The zero-order valence-corrected chi connectivity index (χ0v) is 26.9. The zero-order chi connectivity index (χ0) is 33.0. The molecule has 49 heavy (non-hydrogen) atoms. The number of carbonyl (C=O) groups excluding carboxylic acids is 1. The second-order valence-corrected chi connectivity index (χ2v) is 11.8. The molecule has 0 bridgehead atoms. The standard InChI is InChI=1S/C44H34N4O/c49-44-33-45(44)40-31-42(47(36-23-11-3-12-24-36)37-25-13-4-14-26-37)43(48(38-27-15-5-16-28-38)39-29-17-6-18-30-39)32-41(40)46(34-19-7-1-8-20-34)35-21-9-2-10-22-35/h1-32H,33H2. The van der Waals surface area contributed by atoms with Crippen molar-refractivity contribution in [2.75, 3.05) is 26.1 Å². The summed E-state index contributed by atoms with van der Waals surface area (Å²) in [5.41, 5.74) is 9.68. The molecule has 0 N–H and O–H groups in total. The molecule has 0 atom stereocenters. The second-order valence-electron chi connectivity index (χ2n) is 11.8. The van der Waals surface area contributed by atoms with Gasteiger partial charge in [0.1, 0.15) is 6.54 Å². The van der Waals surface area contributed by atoms with E-state index in [4.69, 9.17) is 0 Å². The number of amides is 1. The first kappa shape index (κ1) is 29.8. The van der Waals surface area contributed by atoms with Crippen LogP contribution in [0, 0.1) is 0 Å². The molecule has 5 heteroatoms. The van der Waals surface area contributed by atoms with Gasteiger partial charge in [-0.05, 0) is 84.9 Å². The Balaban J connectivity index is 1.49. The molecule has 1 fully saturated rings. The molecule has 7 aromatic rings. The fraction of sp³-hybridized carbons (Fsp3) is 0.0227. The highest BCUT2D eigenvalue weighted by Crippen LogP contribution is 2.53. The summed E-state index contributed by atoms with van der Waals surface area (Å²) in [7, 11) is 0. The molecule has 8 rings (SSSR count). The number of rotatable bonds is 10. The summed E-state index contributed by atoms with van der Waals surface area (Å²) in [6.07, 6.45) is 0. The van der Waals surface area contributed by atoms with Crippen LogP contribution in [0.1, 0.15) is 0 Å². The minimum Gasteiger partial charge on any atom is -0.308 e. The van der Waals surface area contributed by atoms with Crippen LogP contribution in [0.5, 0.6) is 0 Å². The third-order valence-electron chi connectivity index (χ3n) is 8.66. The van der Waals surface area contributed by atoms with Crippen molar-refractivity contribution in [2.24, 2.45) is 0 Å². The molecule has 236 valence electrons. The average Bonchev–Trinajstić information content (AvgIpc) is 3.91. The number of para-hydroxylation sites is 6. The Hall–Kier alpha value is -6.59. The Morgan fingerprint density at radius 2 is 0.592 bits per heavy atom. The minimum absolute atomic E-state index is 0.0926. The predicted octanol–water partition coefficient (Wildman–Crippen LogP) is 11.4. The van der Waals surface area contributed by atoms with Crippen LogP contribution in [0.3, 0.4) is 0 Å². The molecular weight excluding hydrogens is 601 g/mol.